The molecule has 2 N–H and O–H groups in total. The second kappa shape index (κ2) is 5.49. The number of aryl methyl sites for hydroxylation is 1. The SMILES string of the molecule is CCN(c1cccc(F)c1)c1cc(Cl)c(N)cc1C. The fourth-order valence-corrected chi connectivity index (χ4v) is 2.28. The molecule has 0 aromatic heterocycles. The summed E-state index contributed by atoms with van der Waals surface area (Å²) in [6.45, 7) is 4.68. The lowest BCUT2D eigenvalue weighted by Crippen LogP contribution is -2.17. The third-order valence-electron chi connectivity index (χ3n) is 3.04. The van der Waals surface area contributed by atoms with Gasteiger partial charge in [-0.15, -0.1) is 0 Å². The lowest BCUT2D eigenvalue weighted by atomic mass is 10.1. The van der Waals surface area contributed by atoms with Crippen LogP contribution in [0.5, 0.6) is 0 Å². The summed E-state index contributed by atoms with van der Waals surface area (Å²) in [6.07, 6.45) is 0. The Labute approximate surface area is 117 Å². The van der Waals surface area contributed by atoms with Gasteiger partial charge in [-0.2, -0.15) is 0 Å². The Kier molecular flexibility index (Phi) is 3.96. The van der Waals surface area contributed by atoms with Crippen molar-refractivity contribution in [2.24, 2.45) is 0 Å². The fraction of sp³-hybridized carbons (Fsp3) is 0.200. The van der Waals surface area contributed by atoms with Crippen LogP contribution >= 0.6 is 11.6 Å². The van der Waals surface area contributed by atoms with Gasteiger partial charge in [0.05, 0.1) is 10.7 Å². The molecule has 0 atom stereocenters. The summed E-state index contributed by atoms with van der Waals surface area (Å²) in [6, 6.07) is 10.2. The minimum Gasteiger partial charge on any atom is -0.398 e. The largest absolute Gasteiger partial charge is 0.398 e. The van der Waals surface area contributed by atoms with Gasteiger partial charge in [0.1, 0.15) is 5.82 Å². The summed E-state index contributed by atoms with van der Waals surface area (Å²) in [5.74, 6) is -0.254. The van der Waals surface area contributed by atoms with E-state index < -0.39 is 0 Å². The molecule has 2 rings (SSSR count). The van der Waals surface area contributed by atoms with Crippen molar-refractivity contribution in [1.82, 2.24) is 0 Å². The molecule has 4 heteroatoms. The molecule has 19 heavy (non-hydrogen) atoms. The number of nitrogens with two attached hydrogens (primary N) is 1. The lowest BCUT2D eigenvalue weighted by molar-refractivity contribution is 0.627. The minimum atomic E-state index is -0.254. The number of hydrogen-bond donors (Lipinski definition) is 1. The van der Waals surface area contributed by atoms with Gasteiger partial charge in [-0.1, -0.05) is 17.7 Å². The van der Waals surface area contributed by atoms with Gasteiger partial charge >= 0.3 is 0 Å². The summed E-state index contributed by atoms with van der Waals surface area (Å²) in [4.78, 5) is 2.00. The van der Waals surface area contributed by atoms with Crippen LogP contribution in [0.2, 0.25) is 5.02 Å². The molecule has 0 aliphatic heterocycles. The average molecular weight is 279 g/mol. The molecular formula is C15H16ClFN2. The van der Waals surface area contributed by atoms with Crippen molar-refractivity contribution in [1.29, 1.82) is 0 Å². The number of anilines is 3. The van der Waals surface area contributed by atoms with E-state index in [1.165, 1.54) is 12.1 Å². The Balaban J connectivity index is 2.51. The zero-order chi connectivity index (χ0) is 14.0. The van der Waals surface area contributed by atoms with Crippen LogP contribution < -0.4 is 10.6 Å². The zero-order valence-corrected chi connectivity index (χ0v) is 11.7. The van der Waals surface area contributed by atoms with Crippen molar-refractivity contribution in [3.8, 4) is 0 Å². The Hall–Kier alpha value is -1.74. The third kappa shape index (κ3) is 2.82. The van der Waals surface area contributed by atoms with Crippen LogP contribution in [0, 0.1) is 12.7 Å². The van der Waals surface area contributed by atoms with E-state index in [-0.39, 0.29) is 5.82 Å². The molecular weight excluding hydrogens is 263 g/mol. The van der Waals surface area contributed by atoms with E-state index in [2.05, 4.69) is 0 Å². The van der Waals surface area contributed by atoms with E-state index >= 15 is 0 Å². The monoisotopic (exact) mass is 278 g/mol. The molecule has 0 spiro atoms. The summed E-state index contributed by atoms with van der Waals surface area (Å²) in [5, 5.41) is 0.510. The van der Waals surface area contributed by atoms with Gasteiger partial charge in [-0.25, -0.2) is 4.39 Å². The third-order valence-corrected chi connectivity index (χ3v) is 3.37. The zero-order valence-electron chi connectivity index (χ0n) is 11.0. The number of halogens is 2. The highest BCUT2D eigenvalue weighted by Gasteiger charge is 2.12. The van der Waals surface area contributed by atoms with Gasteiger partial charge in [-0.05, 0) is 49.7 Å². The quantitative estimate of drug-likeness (QED) is 0.836. The number of nitrogens with zero attached hydrogens (tertiary/aromatic N) is 1. The average Bonchev–Trinajstić information content (AvgIpc) is 2.36. The maximum Gasteiger partial charge on any atom is 0.125 e. The van der Waals surface area contributed by atoms with Crippen LogP contribution in [0.25, 0.3) is 0 Å². The molecule has 0 amide bonds. The lowest BCUT2D eigenvalue weighted by Gasteiger charge is -2.25. The maximum atomic E-state index is 13.4. The minimum absolute atomic E-state index is 0.254. The first-order valence-electron chi connectivity index (χ1n) is 6.11. The van der Waals surface area contributed by atoms with E-state index in [0.717, 1.165) is 16.9 Å². The van der Waals surface area contributed by atoms with E-state index in [1.807, 2.05) is 36.9 Å². The van der Waals surface area contributed by atoms with Gasteiger partial charge in [-0.3, -0.25) is 0 Å². The second-order valence-corrected chi connectivity index (χ2v) is 4.79. The van der Waals surface area contributed by atoms with Crippen LogP contribution in [0.15, 0.2) is 36.4 Å². The highest BCUT2D eigenvalue weighted by molar-refractivity contribution is 6.33. The molecule has 0 aliphatic carbocycles. The maximum absolute atomic E-state index is 13.4. The van der Waals surface area contributed by atoms with Gasteiger partial charge in [0.25, 0.3) is 0 Å². The number of rotatable bonds is 3. The predicted octanol–water partition coefficient (Wildman–Crippen LogP) is 4.53. The molecule has 2 nitrogen and oxygen atoms in total. The predicted molar refractivity (Wildman–Crippen MR) is 79.7 cm³/mol. The van der Waals surface area contributed by atoms with Gasteiger partial charge < -0.3 is 10.6 Å². The fourth-order valence-electron chi connectivity index (χ4n) is 2.12. The topological polar surface area (TPSA) is 29.3 Å². The van der Waals surface area contributed by atoms with Gasteiger partial charge in [0, 0.05) is 17.9 Å². The first-order valence-corrected chi connectivity index (χ1v) is 6.49. The van der Waals surface area contributed by atoms with Crippen molar-refractivity contribution in [2.75, 3.05) is 17.2 Å². The molecule has 0 saturated heterocycles. The van der Waals surface area contributed by atoms with Crippen molar-refractivity contribution < 1.29 is 4.39 Å². The first kappa shape index (κ1) is 13.7. The van der Waals surface area contributed by atoms with Crippen molar-refractivity contribution >= 4 is 28.7 Å². The molecule has 100 valence electrons. The van der Waals surface area contributed by atoms with Crippen LogP contribution in [-0.4, -0.2) is 6.54 Å². The molecule has 0 radical (unpaired) electrons. The van der Waals surface area contributed by atoms with E-state index in [4.69, 9.17) is 17.3 Å². The molecule has 2 aromatic rings. The van der Waals surface area contributed by atoms with Crippen molar-refractivity contribution in [3.63, 3.8) is 0 Å². The van der Waals surface area contributed by atoms with Crippen LogP contribution in [0.3, 0.4) is 0 Å². The van der Waals surface area contributed by atoms with E-state index in [1.54, 1.807) is 6.07 Å². The van der Waals surface area contributed by atoms with Crippen LogP contribution in [0.4, 0.5) is 21.5 Å². The van der Waals surface area contributed by atoms with Gasteiger partial charge in [0.2, 0.25) is 0 Å². The van der Waals surface area contributed by atoms with Crippen molar-refractivity contribution in [3.05, 3.63) is 52.8 Å². The summed E-state index contributed by atoms with van der Waals surface area (Å²) in [7, 11) is 0. The molecule has 0 fully saturated rings. The second-order valence-electron chi connectivity index (χ2n) is 4.38. The highest BCUT2D eigenvalue weighted by Crippen LogP contribution is 2.33. The molecule has 0 saturated carbocycles. The molecule has 0 heterocycles. The molecule has 0 unspecified atom stereocenters. The van der Waals surface area contributed by atoms with E-state index in [9.17, 15) is 4.39 Å². The summed E-state index contributed by atoms with van der Waals surface area (Å²) in [5.41, 5.74) is 9.08. The Morgan fingerprint density at radius 1 is 1.26 bits per heavy atom. The molecule has 0 bridgehead atoms. The van der Waals surface area contributed by atoms with Crippen LogP contribution in [0.1, 0.15) is 12.5 Å². The number of hydrogen-bond acceptors (Lipinski definition) is 2. The highest BCUT2D eigenvalue weighted by atomic mass is 35.5. The van der Waals surface area contributed by atoms with Crippen LogP contribution in [-0.2, 0) is 0 Å². The Bertz CT molecular complexity index is 599. The molecule has 0 aliphatic rings. The first-order chi connectivity index (χ1) is 9.02. The summed E-state index contributed by atoms with van der Waals surface area (Å²) < 4.78 is 13.4. The normalized spacial score (nSPS) is 10.5. The van der Waals surface area contributed by atoms with Crippen molar-refractivity contribution in [2.45, 2.75) is 13.8 Å². The standard InChI is InChI=1S/C15H16ClFN2/c1-3-19(12-6-4-5-11(17)8-12)15-9-13(16)14(18)7-10(15)2/h4-9H,3,18H2,1-2H3. The summed E-state index contributed by atoms with van der Waals surface area (Å²) >= 11 is 6.08. The van der Waals surface area contributed by atoms with E-state index in [0.29, 0.717) is 17.3 Å². The smallest absolute Gasteiger partial charge is 0.125 e. The number of nitrogen functional groups attached to an aromatic ring is 1. The Morgan fingerprint density at radius 2 is 2.00 bits per heavy atom. The van der Waals surface area contributed by atoms with Gasteiger partial charge in [0.15, 0.2) is 0 Å². The Morgan fingerprint density at radius 3 is 2.63 bits per heavy atom. The number of benzene rings is 2. The molecule has 2 aromatic carbocycles.